The van der Waals surface area contributed by atoms with Crippen LogP contribution < -0.4 is 14.4 Å². The number of hydrogen-bond acceptors (Lipinski definition) is 7. The molecule has 1 fully saturated rings. The Balaban J connectivity index is 1.57. The molecule has 0 radical (unpaired) electrons. The van der Waals surface area contributed by atoms with Crippen molar-refractivity contribution in [2.75, 3.05) is 18.6 Å². The van der Waals surface area contributed by atoms with Gasteiger partial charge < -0.3 is 14.2 Å². The highest BCUT2D eigenvalue weighted by molar-refractivity contribution is 8.27. The van der Waals surface area contributed by atoms with Gasteiger partial charge in [-0.25, -0.2) is 4.79 Å². The van der Waals surface area contributed by atoms with Crippen molar-refractivity contribution in [1.29, 1.82) is 0 Å². The van der Waals surface area contributed by atoms with E-state index in [1.165, 1.54) is 18.9 Å². The first kappa shape index (κ1) is 23.8. The maximum Gasteiger partial charge on any atom is 0.344 e. The third kappa shape index (κ3) is 5.08. The average molecular weight is 494 g/mol. The van der Waals surface area contributed by atoms with Crippen molar-refractivity contribution in [1.82, 2.24) is 0 Å². The number of benzene rings is 3. The van der Waals surface area contributed by atoms with Gasteiger partial charge in [0.15, 0.2) is 22.4 Å². The molecule has 3 aromatic rings. The Morgan fingerprint density at radius 3 is 2.62 bits per heavy atom. The summed E-state index contributed by atoms with van der Waals surface area (Å²) in [4.78, 5) is 27.1. The van der Waals surface area contributed by atoms with E-state index in [0.29, 0.717) is 20.7 Å². The van der Waals surface area contributed by atoms with Crippen LogP contribution in [0.3, 0.4) is 0 Å². The van der Waals surface area contributed by atoms with Gasteiger partial charge in [-0.3, -0.25) is 9.69 Å². The minimum Gasteiger partial charge on any atom is -0.493 e. The van der Waals surface area contributed by atoms with Crippen LogP contribution in [0.25, 0.3) is 16.8 Å². The number of thioether (sulfide) groups is 1. The van der Waals surface area contributed by atoms with Crippen LogP contribution in [-0.4, -0.2) is 36.0 Å². The van der Waals surface area contributed by atoms with E-state index in [1.807, 2.05) is 42.5 Å². The number of carbonyl (C=O) groups excluding carboxylic acids is 2. The van der Waals surface area contributed by atoms with E-state index in [9.17, 15) is 9.59 Å². The van der Waals surface area contributed by atoms with Gasteiger partial charge in [-0.05, 0) is 49.1 Å². The molecule has 0 atom stereocenters. The molecule has 174 valence electrons. The second-order valence-electron chi connectivity index (χ2n) is 7.75. The standard InChI is InChI=1S/C26H23NO5S2/c1-16(2)32-24(28)15-31-21-12-11-17(13-22(21)30-3)14-23-25(29)27(26(33)34-23)20-10-6-8-18-7-4-5-9-19(18)20/h4-14,16H,15H2,1-3H3/b23-14+. The highest BCUT2D eigenvalue weighted by Crippen LogP contribution is 2.39. The van der Waals surface area contributed by atoms with Crippen molar-refractivity contribution in [3.63, 3.8) is 0 Å². The van der Waals surface area contributed by atoms with Gasteiger partial charge >= 0.3 is 5.97 Å². The average Bonchev–Trinajstić information content (AvgIpc) is 3.09. The minimum absolute atomic E-state index is 0.179. The number of thiocarbonyl (C=S) groups is 1. The van der Waals surface area contributed by atoms with Gasteiger partial charge in [-0.15, -0.1) is 0 Å². The van der Waals surface area contributed by atoms with Crippen LogP contribution in [0.2, 0.25) is 0 Å². The van der Waals surface area contributed by atoms with Crippen LogP contribution in [-0.2, 0) is 14.3 Å². The normalized spacial score (nSPS) is 14.8. The largest absolute Gasteiger partial charge is 0.493 e. The van der Waals surface area contributed by atoms with Crippen molar-refractivity contribution in [3.05, 3.63) is 71.1 Å². The Morgan fingerprint density at radius 2 is 1.85 bits per heavy atom. The molecular formula is C26H23NO5S2. The molecule has 0 unspecified atom stereocenters. The molecule has 34 heavy (non-hydrogen) atoms. The number of carbonyl (C=O) groups is 2. The summed E-state index contributed by atoms with van der Waals surface area (Å²) in [6, 6.07) is 18.9. The lowest BCUT2D eigenvalue weighted by molar-refractivity contribution is -0.149. The Labute approximate surface area is 207 Å². The fraction of sp³-hybridized carbons (Fsp3) is 0.192. The number of hydrogen-bond donors (Lipinski definition) is 0. The zero-order valence-electron chi connectivity index (χ0n) is 18.9. The molecule has 1 amide bonds. The molecule has 4 rings (SSSR count). The number of amides is 1. The van der Waals surface area contributed by atoms with Crippen LogP contribution in [0.1, 0.15) is 19.4 Å². The first-order valence-electron chi connectivity index (χ1n) is 10.6. The minimum atomic E-state index is -0.460. The summed E-state index contributed by atoms with van der Waals surface area (Å²) in [6.45, 7) is 3.32. The molecule has 8 heteroatoms. The molecular weight excluding hydrogens is 470 g/mol. The number of methoxy groups -OCH3 is 1. The van der Waals surface area contributed by atoms with Crippen molar-refractivity contribution in [3.8, 4) is 11.5 Å². The van der Waals surface area contributed by atoms with Gasteiger partial charge in [0.05, 0.1) is 23.8 Å². The zero-order chi connectivity index (χ0) is 24.2. The Hall–Kier alpha value is -3.36. The van der Waals surface area contributed by atoms with Gasteiger partial charge in [0, 0.05) is 5.39 Å². The lowest BCUT2D eigenvalue weighted by atomic mass is 10.1. The van der Waals surface area contributed by atoms with Crippen molar-refractivity contribution < 1.29 is 23.8 Å². The predicted molar refractivity (Wildman–Crippen MR) is 139 cm³/mol. The summed E-state index contributed by atoms with van der Waals surface area (Å²) in [7, 11) is 1.51. The predicted octanol–water partition coefficient (Wildman–Crippen LogP) is 5.58. The fourth-order valence-corrected chi connectivity index (χ4v) is 4.84. The summed E-state index contributed by atoms with van der Waals surface area (Å²) in [5.41, 5.74) is 1.51. The van der Waals surface area contributed by atoms with E-state index in [2.05, 4.69) is 0 Å². The number of esters is 1. The number of rotatable bonds is 7. The third-order valence-electron chi connectivity index (χ3n) is 5.00. The Morgan fingerprint density at radius 1 is 1.09 bits per heavy atom. The molecule has 0 bridgehead atoms. The van der Waals surface area contributed by atoms with Gasteiger partial charge in [0.25, 0.3) is 5.91 Å². The molecule has 0 saturated carbocycles. The smallest absolute Gasteiger partial charge is 0.344 e. The zero-order valence-corrected chi connectivity index (χ0v) is 20.6. The molecule has 1 saturated heterocycles. The van der Waals surface area contributed by atoms with Crippen molar-refractivity contribution in [2.24, 2.45) is 0 Å². The molecule has 1 aliphatic rings. The highest BCUT2D eigenvalue weighted by Gasteiger charge is 2.34. The summed E-state index contributed by atoms with van der Waals surface area (Å²) in [6.07, 6.45) is 1.55. The van der Waals surface area contributed by atoms with Gasteiger partial charge in [0.1, 0.15) is 0 Å². The van der Waals surface area contributed by atoms with E-state index in [-0.39, 0.29) is 18.6 Å². The van der Waals surface area contributed by atoms with E-state index >= 15 is 0 Å². The number of ether oxygens (including phenoxy) is 3. The molecule has 6 nitrogen and oxygen atoms in total. The van der Waals surface area contributed by atoms with E-state index in [0.717, 1.165) is 22.0 Å². The number of nitrogens with zero attached hydrogens (tertiary/aromatic N) is 1. The quantitative estimate of drug-likeness (QED) is 0.242. The molecule has 0 spiro atoms. The fourth-order valence-electron chi connectivity index (χ4n) is 3.56. The van der Waals surface area contributed by atoms with Crippen LogP contribution in [0.5, 0.6) is 11.5 Å². The topological polar surface area (TPSA) is 65.1 Å². The molecule has 1 heterocycles. The van der Waals surface area contributed by atoms with Crippen LogP contribution in [0.15, 0.2) is 65.6 Å². The van der Waals surface area contributed by atoms with Gasteiger partial charge in [-0.1, -0.05) is 66.4 Å². The van der Waals surface area contributed by atoms with Crippen molar-refractivity contribution in [2.45, 2.75) is 20.0 Å². The monoisotopic (exact) mass is 493 g/mol. The summed E-state index contributed by atoms with van der Waals surface area (Å²) in [5.74, 6) is 0.208. The molecule has 0 aliphatic carbocycles. The number of fused-ring (bicyclic) bond motifs is 1. The maximum atomic E-state index is 13.3. The third-order valence-corrected chi connectivity index (χ3v) is 6.30. The summed E-state index contributed by atoms with van der Waals surface area (Å²) < 4.78 is 16.5. The first-order valence-corrected chi connectivity index (χ1v) is 11.9. The van der Waals surface area contributed by atoms with Crippen LogP contribution in [0, 0.1) is 0 Å². The van der Waals surface area contributed by atoms with Gasteiger partial charge in [-0.2, -0.15) is 0 Å². The molecule has 0 N–H and O–H groups in total. The van der Waals surface area contributed by atoms with E-state index in [4.69, 9.17) is 26.4 Å². The number of anilines is 1. The maximum absolute atomic E-state index is 13.3. The summed E-state index contributed by atoms with van der Waals surface area (Å²) in [5, 5.41) is 2.00. The van der Waals surface area contributed by atoms with Gasteiger partial charge in [0.2, 0.25) is 0 Å². The summed E-state index contributed by atoms with van der Waals surface area (Å²) >= 11 is 6.81. The Kier molecular flexibility index (Phi) is 7.19. The lowest BCUT2D eigenvalue weighted by Gasteiger charge is -2.17. The SMILES string of the molecule is COc1cc(/C=C2/SC(=S)N(c3cccc4ccccc34)C2=O)ccc1OCC(=O)OC(C)C. The molecule has 3 aromatic carbocycles. The lowest BCUT2D eigenvalue weighted by Crippen LogP contribution is -2.27. The first-order chi connectivity index (χ1) is 16.4. The van der Waals surface area contributed by atoms with Crippen LogP contribution >= 0.6 is 24.0 Å². The van der Waals surface area contributed by atoms with E-state index in [1.54, 1.807) is 43.0 Å². The second kappa shape index (κ2) is 10.3. The Bertz CT molecular complexity index is 1300. The highest BCUT2D eigenvalue weighted by atomic mass is 32.2. The second-order valence-corrected chi connectivity index (χ2v) is 9.43. The van der Waals surface area contributed by atoms with Crippen molar-refractivity contribution >= 4 is 62.7 Å². The molecule has 1 aliphatic heterocycles. The van der Waals surface area contributed by atoms with E-state index < -0.39 is 5.97 Å². The van der Waals surface area contributed by atoms with Crippen LogP contribution in [0.4, 0.5) is 5.69 Å². The molecule has 0 aromatic heterocycles.